The maximum absolute atomic E-state index is 12.0. The van der Waals surface area contributed by atoms with Crippen LogP contribution in [-0.4, -0.2) is 14.9 Å². The van der Waals surface area contributed by atoms with Crippen LogP contribution in [0.1, 0.15) is 33.7 Å². The van der Waals surface area contributed by atoms with Crippen LogP contribution in [-0.2, 0) is 6.54 Å². The van der Waals surface area contributed by atoms with E-state index in [4.69, 9.17) is 0 Å². The van der Waals surface area contributed by atoms with Crippen molar-refractivity contribution < 1.29 is 0 Å². The van der Waals surface area contributed by atoms with Gasteiger partial charge in [0.25, 0.3) is 0 Å². The van der Waals surface area contributed by atoms with Crippen LogP contribution in [0.5, 0.6) is 0 Å². The number of rotatable bonds is 5. The van der Waals surface area contributed by atoms with Crippen LogP contribution in [0.4, 0.5) is 0 Å². The Kier molecular flexibility index (Phi) is 4.71. The monoisotopic (exact) mass is 242 g/mol. The second-order valence-electron chi connectivity index (χ2n) is 4.92. The SMILES string of the molecule is CC(C)C(CS)Cn1ccn(C(C)C)c1=O. The van der Waals surface area contributed by atoms with Gasteiger partial charge >= 0.3 is 5.69 Å². The van der Waals surface area contributed by atoms with E-state index >= 15 is 0 Å². The molecule has 0 aliphatic heterocycles. The average molecular weight is 242 g/mol. The minimum atomic E-state index is 0.0856. The Hall–Kier alpha value is -0.640. The summed E-state index contributed by atoms with van der Waals surface area (Å²) in [5, 5.41) is 0. The second kappa shape index (κ2) is 5.62. The predicted octanol–water partition coefficient (Wildman–Crippen LogP) is 2.43. The zero-order valence-electron chi connectivity index (χ0n) is 10.6. The van der Waals surface area contributed by atoms with E-state index in [1.807, 2.05) is 26.2 Å². The zero-order valence-corrected chi connectivity index (χ0v) is 11.4. The molecule has 4 heteroatoms. The molecular formula is C12H22N2OS. The highest BCUT2D eigenvalue weighted by atomic mass is 32.1. The molecule has 0 spiro atoms. The topological polar surface area (TPSA) is 26.9 Å². The number of imidazole rings is 1. The van der Waals surface area contributed by atoms with Crippen LogP contribution in [0.25, 0.3) is 0 Å². The van der Waals surface area contributed by atoms with Crippen molar-refractivity contribution in [3.63, 3.8) is 0 Å². The molecule has 0 saturated carbocycles. The summed E-state index contributed by atoms with van der Waals surface area (Å²) in [4.78, 5) is 12.0. The van der Waals surface area contributed by atoms with E-state index in [9.17, 15) is 4.79 Å². The van der Waals surface area contributed by atoms with Crippen molar-refractivity contribution in [2.45, 2.75) is 40.3 Å². The number of hydrogen-bond acceptors (Lipinski definition) is 2. The lowest BCUT2D eigenvalue weighted by molar-refractivity contribution is 0.364. The van der Waals surface area contributed by atoms with Gasteiger partial charge in [0, 0.05) is 25.0 Å². The molecule has 0 aliphatic rings. The number of nitrogens with zero attached hydrogens (tertiary/aromatic N) is 2. The number of hydrogen-bond donors (Lipinski definition) is 1. The summed E-state index contributed by atoms with van der Waals surface area (Å²) in [5.74, 6) is 1.81. The quantitative estimate of drug-likeness (QED) is 0.789. The molecule has 92 valence electrons. The fraction of sp³-hybridized carbons (Fsp3) is 0.750. The largest absolute Gasteiger partial charge is 0.328 e. The van der Waals surface area contributed by atoms with Crippen LogP contribution >= 0.6 is 12.6 Å². The normalized spacial score (nSPS) is 13.7. The summed E-state index contributed by atoms with van der Waals surface area (Å²) in [6, 6.07) is 0.224. The summed E-state index contributed by atoms with van der Waals surface area (Å²) in [7, 11) is 0. The molecule has 1 unspecified atom stereocenters. The standard InChI is InChI=1S/C12H22N2OS/c1-9(2)11(8-16)7-13-5-6-14(10(3)4)12(13)15/h5-6,9-11,16H,7-8H2,1-4H3. The molecule has 16 heavy (non-hydrogen) atoms. The molecule has 0 aliphatic carbocycles. The Morgan fingerprint density at radius 3 is 2.25 bits per heavy atom. The highest BCUT2D eigenvalue weighted by Gasteiger charge is 2.14. The maximum Gasteiger partial charge on any atom is 0.328 e. The van der Waals surface area contributed by atoms with Crippen molar-refractivity contribution in [2.75, 3.05) is 5.75 Å². The molecule has 3 nitrogen and oxygen atoms in total. The molecule has 0 amide bonds. The van der Waals surface area contributed by atoms with E-state index in [0.717, 1.165) is 12.3 Å². The molecule has 0 radical (unpaired) electrons. The van der Waals surface area contributed by atoms with Gasteiger partial charge in [0.15, 0.2) is 0 Å². The highest BCUT2D eigenvalue weighted by molar-refractivity contribution is 7.80. The first-order valence-electron chi connectivity index (χ1n) is 5.85. The van der Waals surface area contributed by atoms with Gasteiger partial charge in [0.05, 0.1) is 0 Å². The molecule has 1 aromatic heterocycles. The minimum Gasteiger partial charge on any atom is -0.299 e. The fourth-order valence-electron chi connectivity index (χ4n) is 1.69. The first kappa shape index (κ1) is 13.4. The van der Waals surface area contributed by atoms with Crippen LogP contribution in [0, 0.1) is 11.8 Å². The van der Waals surface area contributed by atoms with Crippen molar-refractivity contribution in [1.29, 1.82) is 0 Å². The number of thiol groups is 1. The molecule has 1 aromatic rings. The summed E-state index contributed by atoms with van der Waals surface area (Å²) >= 11 is 4.34. The van der Waals surface area contributed by atoms with Crippen molar-refractivity contribution in [1.82, 2.24) is 9.13 Å². The first-order valence-corrected chi connectivity index (χ1v) is 6.48. The molecule has 0 saturated heterocycles. The zero-order chi connectivity index (χ0) is 12.3. The Balaban J connectivity index is 2.86. The van der Waals surface area contributed by atoms with Gasteiger partial charge in [-0.05, 0) is 31.4 Å². The third-order valence-corrected chi connectivity index (χ3v) is 3.51. The highest BCUT2D eigenvalue weighted by Crippen LogP contribution is 2.14. The van der Waals surface area contributed by atoms with Gasteiger partial charge in [-0.25, -0.2) is 4.79 Å². The predicted molar refractivity (Wildman–Crippen MR) is 71.3 cm³/mol. The lowest BCUT2D eigenvalue weighted by Gasteiger charge is -2.18. The molecule has 0 bridgehead atoms. The molecule has 1 heterocycles. The van der Waals surface area contributed by atoms with E-state index in [0.29, 0.717) is 11.8 Å². The molecule has 0 fully saturated rings. The molecule has 0 aromatic carbocycles. The van der Waals surface area contributed by atoms with Crippen LogP contribution in [0.3, 0.4) is 0 Å². The lowest BCUT2D eigenvalue weighted by atomic mass is 9.98. The van der Waals surface area contributed by atoms with Gasteiger partial charge in [-0.15, -0.1) is 0 Å². The third-order valence-electron chi connectivity index (χ3n) is 3.04. The minimum absolute atomic E-state index is 0.0856. The fourth-order valence-corrected chi connectivity index (χ4v) is 2.23. The lowest BCUT2D eigenvalue weighted by Crippen LogP contribution is -2.29. The summed E-state index contributed by atoms with van der Waals surface area (Å²) in [5.41, 5.74) is 0.0856. The Morgan fingerprint density at radius 1 is 1.25 bits per heavy atom. The van der Waals surface area contributed by atoms with Gasteiger partial charge in [-0.3, -0.25) is 9.13 Å². The average Bonchev–Trinajstić information content (AvgIpc) is 2.56. The summed E-state index contributed by atoms with van der Waals surface area (Å²) < 4.78 is 3.55. The van der Waals surface area contributed by atoms with Crippen molar-refractivity contribution in [2.24, 2.45) is 11.8 Å². The van der Waals surface area contributed by atoms with Gasteiger partial charge in [0.1, 0.15) is 0 Å². The molecule has 1 rings (SSSR count). The van der Waals surface area contributed by atoms with E-state index in [1.165, 1.54) is 0 Å². The summed E-state index contributed by atoms with van der Waals surface area (Å²) in [6.07, 6.45) is 3.74. The van der Waals surface area contributed by atoms with Crippen molar-refractivity contribution in [3.05, 3.63) is 22.9 Å². The molecular weight excluding hydrogens is 220 g/mol. The smallest absolute Gasteiger partial charge is 0.299 e. The Bertz CT molecular complexity index is 379. The third kappa shape index (κ3) is 2.94. The summed E-state index contributed by atoms with van der Waals surface area (Å²) in [6.45, 7) is 9.14. The van der Waals surface area contributed by atoms with Crippen LogP contribution < -0.4 is 5.69 Å². The van der Waals surface area contributed by atoms with Crippen LogP contribution in [0.2, 0.25) is 0 Å². The van der Waals surface area contributed by atoms with Crippen molar-refractivity contribution >= 4 is 12.6 Å². The van der Waals surface area contributed by atoms with Gasteiger partial charge < -0.3 is 0 Å². The molecule has 1 atom stereocenters. The van der Waals surface area contributed by atoms with Crippen LogP contribution in [0.15, 0.2) is 17.2 Å². The first-order chi connectivity index (χ1) is 7.47. The molecule has 0 N–H and O–H groups in total. The van der Waals surface area contributed by atoms with E-state index < -0.39 is 0 Å². The van der Waals surface area contributed by atoms with Gasteiger partial charge in [0.2, 0.25) is 0 Å². The second-order valence-corrected chi connectivity index (χ2v) is 5.29. The van der Waals surface area contributed by atoms with E-state index in [-0.39, 0.29) is 11.7 Å². The maximum atomic E-state index is 12.0. The Labute approximate surface area is 103 Å². The Morgan fingerprint density at radius 2 is 1.88 bits per heavy atom. The van der Waals surface area contributed by atoms with E-state index in [2.05, 4.69) is 26.5 Å². The van der Waals surface area contributed by atoms with Crippen molar-refractivity contribution in [3.8, 4) is 0 Å². The number of aromatic nitrogens is 2. The van der Waals surface area contributed by atoms with E-state index in [1.54, 1.807) is 9.13 Å². The van der Waals surface area contributed by atoms with Gasteiger partial charge in [-0.1, -0.05) is 13.8 Å². The van der Waals surface area contributed by atoms with Gasteiger partial charge in [-0.2, -0.15) is 12.6 Å².